The Bertz CT molecular complexity index is 221. The number of rotatable bonds is 3. The van der Waals surface area contributed by atoms with Gasteiger partial charge in [0.2, 0.25) is 0 Å². The third-order valence-electron chi connectivity index (χ3n) is 1.35. The highest BCUT2D eigenvalue weighted by molar-refractivity contribution is 5.85. The Hall–Kier alpha value is -1.10. The van der Waals surface area contributed by atoms with Gasteiger partial charge in [0, 0.05) is 7.05 Å². The summed E-state index contributed by atoms with van der Waals surface area (Å²) in [6, 6.07) is 0. The van der Waals surface area contributed by atoms with Crippen LogP contribution in [0.1, 0.15) is 20.8 Å². The van der Waals surface area contributed by atoms with E-state index in [9.17, 15) is 9.59 Å². The zero-order valence-corrected chi connectivity index (χ0v) is 9.16. The van der Waals surface area contributed by atoms with Crippen LogP contribution in [0.2, 0.25) is 0 Å². The number of likely N-dealkylation sites (N-methyl/N-ethyl adjacent to an activating group) is 1. The van der Waals surface area contributed by atoms with Crippen LogP contribution in [0.4, 0.5) is 4.79 Å². The van der Waals surface area contributed by atoms with Crippen molar-refractivity contribution in [2.75, 3.05) is 20.1 Å². The molecular formula is C9H18N2O3. The van der Waals surface area contributed by atoms with Crippen molar-refractivity contribution in [3.8, 4) is 0 Å². The Morgan fingerprint density at radius 1 is 1.36 bits per heavy atom. The van der Waals surface area contributed by atoms with Gasteiger partial charge in [-0.2, -0.15) is 0 Å². The summed E-state index contributed by atoms with van der Waals surface area (Å²) in [6.45, 7) is 5.23. The lowest BCUT2D eigenvalue weighted by Crippen LogP contribution is -2.38. The lowest BCUT2D eigenvalue weighted by molar-refractivity contribution is -0.118. The molecule has 5 heteroatoms. The first-order valence-corrected chi connectivity index (χ1v) is 4.42. The molecule has 2 N–H and O–H groups in total. The first-order chi connectivity index (χ1) is 6.26. The number of nitrogens with zero attached hydrogens (tertiary/aromatic N) is 1. The van der Waals surface area contributed by atoms with Gasteiger partial charge in [-0.05, 0) is 20.8 Å². The molecule has 0 aromatic heterocycles. The summed E-state index contributed by atoms with van der Waals surface area (Å²) in [5.74, 6) is -0.196. The minimum Gasteiger partial charge on any atom is -0.444 e. The molecule has 0 aliphatic rings. The highest BCUT2D eigenvalue weighted by Crippen LogP contribution is 2.08. The average Bonchev–Trinajstić information content (AvgIpc) is 2.00. The molecule has 82 valence electrons. The van der Waals surface area contributed by atoms with E-state index in [4.69, 9.17) is 10.5 Å². The van der Waals surface area contributed by atoms with Gasteiger partial charge in [-0.3, -0.25) is 4.79 Å². The van der Waals surface area contributed by atoms with Crippen molar-refractivity contribution >= 4 is 11.9 Å². The van der Waals surface area contributed by atoms with Crippen molar-refractivity contribution in [2.45, 2.75) is 26.4 Å². The number of carbonyl (C=O) groups is 2. The van der Waals surface area contributed by atoms with Crippen LogP contribution in [0.5, 0.6) is 0 Å². The van der Waals surface area contributed by atoms with E-state index >= 15 is 0 Å². The molecule has 0 heterocycles. The fraction of sp³-hybridized carbons (Fsp3) is 0.778. The van der Waals surface area contributed by atoms with Gasteiger partial charge < -0.3 is 15.4 Å². The third-order valence-corrected chi connectivity index (χ3v) is 1.35. The Labute approximate surface area is 84.2 Å². The van der Waals surface area contributed by atoms with Gasteiger partial charge in [0.1, 0.15) is 5.60 Å². The molecule has 0 rings (SSSR count). The van der Waals surface area contributed by atoms with E-state index in [1.54, 1.807) is 20.8 Å². The highest BCUT2D eigenvalue weighted by atomic mass is 16.6. The molecule has 0 aromatic rings. The number of hydrogen-bond acceptors (Lipinski definition) is 4. The smallest absolute Gasteiger partial charge is 0.410 e. The number of ketones is 1. The first kappa shape index (κ1) is 12.9. The standard InChI is InChI=1S/C9H18N2O3/c1-9(2,3)14-8(13)11(4)6-7(12)5-10/h5-6,10H2,1-4H3. The van der Waals surface area contributed by atoms with E-state index in [0.717, 1.165) is 0 Å². The SMILES string of the molecule is CN(CC(=O)CN)C(=O)OC(C)(C)C. The summed E-state index contributed by atoms with van der Waals surface area (Å²) < 4.78 is 5.04. The Balaban J connectivity index is 4.07. The van der Waals surface area contributed by atoms with Crippen LogP contribution in [-0.4, -0.2) is 42.5 Å². The number of amides is 1. The summed E-state index contributed by atoms with van der Waals surface area (Å²) in [4.78, 5) is 23.4. The maximum Gasteiger partial charge on any atom is 0.410 e. The van der Waals surface area contributed by atoms with Crippen molar-refractivity contribution in [1.29, 1.82) is 0 Å². The van der Waals surface area contributed by atoms with Crippen molar-refractivity contribution in [2.24, 2.45) is 5.73 Å². The minimum absolute atomic E-state index is 0.00852. The topological polar surface area (TPSA) is 72.6 Å². The van der Waals surface area contributed by atoms with Crippen LogP contribution in [0.25, 0.3) is 0 Å². The van der Waals surface area contributed by atoms with Crippen molar-refractivity contribution in [1.82, 2.24) is 4.90 Å². The number of hydrogen-bond donors (Lipinski definition) is 1. The maximum atomic E-state index is 11.3. The molecule has 0 fully saturated rings. The van der Waals surface area contributed by atoms with Gasteiger partial charge >= 0.3 is 6.09 Å². The summed E-state index contributed by atoms with van der Waals surface area (Å²) in [6.07, 6.45) is -0.515. The summed E-state index contributed by atoms with van der Waals surface area (Å²) in [5, 5.41) is 0. The van der Waals surface area contributed by atoms with Gasteiger partial charge in [0.25, 0.3) is 0 Å². The molecule has 0 bridgehead atoms. The van der Waals surface area contributed by atoms with E-state index in [1.807, 2.05) is 0 Å². The predicted octanol–water partition coefficient (Wildman–Crippen LogP) is 0.381. The fourth-order valence-electron chi connectivity index (χ4n) is 0.733. The number of ether oxygens (including phenoxy) is 1. The molecule has 0 saturated carbocycles. The minimum atomic E-state index is -0.545. The zero-order valence-electron chi connectivity index (χ0n) is 9.16. The summed E-state index contributed by atoms with van der Waals surface area (Å²) in [5.41, 5.74) is 4.57. The van der Waals surface area contributed by atoms with Crippen LogP contribution in [0, 0.1) is 0 Å². The van der Waals surface area contributed by atoms with Crippen molar-refractivity contribution in [3.05, 3.63) is 0 Å². The van der Waals surface area contributed by atoms with E-state index in [0.29, 0.717) is 0 Å². The van der Waals surface area contributed by atoms with Crippen LogP contribution in [0.15, 0.2) is 0 Å². The van der Waals surface area contributed by atoms with Gasteiger partial charge in [0.15, 0.2) is 5.78 Å². The fourth-order valence-corrected chi connectivity index (χ4v) is 0.733. The highest BCUT2D eigenvalue weighted by Gasteiger charge is 2.20. The number of Topliss-reactive ketones (excluding diaryl/α,β-unsaturated/α-hetero) is 1. The molecule has 1 amide bonds. The second-order valence-corrected chi connectivity index (χ2v) is 4.08. The summed E-state index contributed by atoms with van der Waals surface area (Å²) in [7, 11) is 1.50. The molecule has 5 nitrogen and oxygen atoms in total. The average molecular weight is 202 g/mol. The normalized spacial score (nSPS) is 10.9. The van der Waals surface area contributed by atoms with Crippen LogP contribution in [0.3, 0.4) is 0 Å². The van der Waals surface area contributed by atoms with Gasteiger partial charge in [0.05, 0.1) is 13.1 Å². The molecule has 0 atom stereocenters. The maximum absolute atomic E-state index is 11.3. The molecule has 0 unspecified atom stereocenters. The van der Waals surface area contributed by atoms with Gasteiger partial charge in [-0.25, -0.2) is 4.79 Å². The largest absolute Gasteiger partial charge is 0.444 e. The molecule has 0 spiro atoms. The van der Waals surface area contributed by atoms with Crippen LogP contribution < -0.4 is 5.73 Å². The quantitative estimate of drug-likeness (QED) is 0.718. The number of nitrogens with two attached hydrogens (primary N) is 1. The Morgan fingerprint density at radius 3 is 2.21 bits per heavy atom. The molecule has 0 aliphatic carbocycles. The van der Waals surface area contributed by atoms with E-state index < -0.39 is 11.7 Å². The van der Waals surface area contributed by atoms with E-state index in [1.165, 1.54) is 11.9 Å². The number of carbonyl (C=O) groups excluding carboxylic acids is 2. The van der Waals surface area contributed by atoms with Crippen molar-refractivity contribution in [3.63, 3.8) is 0 Å². The molecule has 0 saturated heterocycles. The van der Waals surface area contributed by atoms with E-state index in [2.05, 4.69) is 0 Å². The van der Waals surface area contributed by atoms with Crippen molar-refractivity contribution < 1.29 is 14.3 Å². The second-order valence-electron chi connectivity index (χ2n) is 4.08. The van der Waals surface area contributed by atoms with Crippen LogP contribution in [-0.2, 0) is 9.53 Å². The first-order valence-electron chi connectivity index (χ1n) is 4.42. The third kappa shape index (κ3) is 5.53. The van der Waals surface area contributed by atoms with Gasteiger partial charge in [-0.15, -0.1) is 0 Å². The van der Waals surface area contributed by atoms with Crippen LogP contribution >= 0.6 is 0 Å². The monoisotopic (exact) mass is 202 g/mol. The molecule has 14 heavy (non-hydrogen) atoms. The predicted molar refractivity (Wildman–Crippen MR) is 52.9 cm³/mol. The lowest BCUT2D eigenvalue weighted by Gasteiger charge is -2.24. The molecule has 0 aliphatic heterocycles. The Kier molecular flexibility index (Phi) is 4.56. The molecular weight excluding hydrogens is 184 g/mol. The van der Waals surface area contributed by atoms with Gasteiger partial charge in [-0.1, -0.05) is 0 Å². The molecule has 0 radical (unpaired) electrons. The summed E-state index contributed by atoms with van der Waals surface area (Å²) >= 11 is 0. The zero-order chi connectivity index (χ0) is 11.4. The molecule has 0 aromatic carbocycles. The Morgan fingerprint density at radius 2 is 1.86 bits per heavy atom. The second kappa shape index (κ2) is 4.95. The van der Waals surface area contributed by atoms with E-state index in [-0.39, 0.29) is 18.9 Å². The lowest BCUT2D eigenvalue weighted by atomic mass is 10.2.